The number of aromatic nitrogens is 1. The van der Waals surface area contributed by atoms with E-state index in [0.717, 1.165) is 22.7 Å². The number of guanidine groups is 1. The number of anilines is 1. The Morgan fingerprint density at radius 1 is 1.32 bits per heavy atom. The van der Waals surface area contributed by atoms with E-state index in [1.165, 1.54) is 0 Å². The van der Waals surface area contributed by atoms with Crippen molar-refractivity contribution in [3.8, 4) is 0 Å². The topological polar surface area (TPSA) is 91.5 Å². The van der Waals surface area contributed by atoms with Gasteiger partial charge in [-0.1, -0.05) is 36.7 Å². The van der Waals surface area contributed by atoms with Crippen LogP contribution in [0.5, 0.6) is 0 Å². The lowest BCUT2D eigenvalue weighted by atomic mass is 10.1. The van der Waals surface area contributed by atoms with E-state index in [1.54, 1.807) is 13.1 Å². The quantitative estimate of drug-likeness (QED) is 0.291. The second kappa shape index (κ2) is 11.9. The summed E-state index contributed by atoms with van der Waals surface area (Å²) in [6, 6.07) is 7.35. The average Bonchev–Trinajstić information content (AvgIpc) is 3.11. The van der Waals surface area contributed by atoms with Gasteiger partial charge in [-0.15, -0.1) is 24.0 Å². The second-order valence-electron chi connectivity index (χ2n) is 6.44. The summed E-state index contributed by atoms with van der Waals surface area (Å²) in [5.41, 5.74) is 2.50. The van der Waals surface area contributed by atoms with Crippen LogP contribution in [0.25, 0.3) is 0 Å². The van der Waals surface area contributed by atoms with Gasteiger partial charge in [-0.2, -0.15) is 0 Å². The van der Waals surface area contributed by atoms with Gasteiger partial charge in [-0.25, -0.2) is 0 Å². The predicted octanol–water partition coefficient (Wildman–Crippen LogP) is 4.07. The van der Waals surface area contributed by atoms with Crippen molar-refractivity contribution in [3.63, 3.8) is 0 Å². The average molecular weight is 520 g/mol. The van der Waals surface area contributed by atoms with Crippen LogP contribution in [-0.2, 0) is 11.3 Å². The lowest BCUT2D eigenvalue weighted by Gasteiger charge is -2.12. The van der Waals surface area contributed by atoms with E-state index in [4.69, 9.17) is 16.1 Å². The number of rotatable bonds is 7. The fraction of sp³-hybridized carbons (Fsp3) is 0.421. The van der Waals surface area contributed by atoms with Crippen LogP contribution in [-0.4, -0.2) is 30.6 Å². The van der Waals surface area contributed by atoms with Gasteiger partial charge >= 0.3 is 0 Å². The highest BCUT2D eigenvalue weighted by atomic mass is 127. The van der Waals surface area contributed by atoms with Crippen LogP contribution in [0.2, 0.25) is 5.02 Å². The van der Waals surface area contributed by atoms with Crippen molar-refractivity contribution in [2.75, 3.05) is 18.9 Å². The number of carbonyl (C=O) groups excluding carboxylic acids is 1. The van der Waals surface area contributed by atoms with E-state index in [0.29, 0.717) is 36.4 Å². The first kappa shape index (κ1) is 24.2. The molecule has 7 nitrogen and oxygen atoms in total. The third-order valence-electron chi connectivity index (χ3n) is 4.01. The first-order chi connectivity index (χ1) is 12.9. The molecule has 0 bridgehead atoms. The van der Waals surface area contributed by atoms with Gasteiger partial charge in [0.15, 0.2) is 11.7 Å². The van der Waals surface area contributed by atoms with Gasteiger partial charge < -0.3 is 20.5 Å². The van der Waals surface area contributed by atoms with E-state index >= 15 is 0 Å². The number of aliphatic imine (C=N–C) groups is 1. The molecule has 0 saturated carbocycles. The molecule has 0 radical (unpaired) electrons. The number of halogens is 2. The highest BCUT2D eigenvalue weighted by Crippen LogP contribution is 2.22. The molecule has 1 aromatic carbocycles. The molecule has 3 N–H and O–H groups in total. The second-order valence-corrected chi connectivity index (χ2v) is 6.84. The van der Waals surface area contributed by atoms with Crippen LogP contribution >= 0.6 is 35.6 Å². The number of hydrogen-bond donors (Lipinski definition) is 3. The third-order valence-corrected chi connectivity index (χ3v) is 4.42. The minimum absolute atomic E-state index is 0. The molecule has 1 aromatic heterocycles. The van der Waals surface area contributed by atoms with Gasteiger partial charge in [0, 0.05) is 36.8 Å². The van der Waals surface area contributed by atoms with Crippen molar-refractivity contribution < 1.29 is 9.32 Å². The summed E-state index contributed by atoms with van der Waals surface area (Å²) in [5, 5.41) is 13.8. The number of benzene rings is 1. The standard InChI is InChI=1S/C19H26ClN5O2.HI/c1-12(2)17-10-14(27-25-17)11-23-19(21-4)22-9-8-18(26)24-16-7-5-6-15(20)13(16)3;/h5-7,10,12H,8-9,11H2,1-4H3,(H,24,26)(H2,21,22,23);1H. The molecular weight excluding hydrogens is 493 g/mol. The maximum atomic E-state index is 12.1. The zero-order valence-corrected chi connectivity index (χ0v) is 19.6. The molecule has 0 atom stereocenters. The molecular formula is C19H27ClIN5O2. The van der Waals surface area contributed by atoms with E-state index in [1.807, 2.05) is 25.1 Å². The van der Waals surface area contributed by atoms with E-state index in [2.05, 4.69) is 39.9 Å². The maximum absolute atomic E-state index is 12.1. The zero-order valence-electron chi connectivity index (χ0n) is 16.5. The van der Waals surface area contributed by atoms with Gasteiger partial charge in [0.2, 0.25) is 5.91 Å². The first-order valence-electron chi connectivity index (χ1n) is 8.85. The van der Waals surface area contributed by atoms with Crippen molar-refractivity contribution in [2.45, 2.75) is 39.7 Å². The minimum Gasteiger partial charge on any atom is -0.359 e. The van der Waals surface area contributed by atoms with Crippen LogP contribution in [0.1, 0.15) is 43.2 Å². The molecule has 28 heavy (non-hydrogen) atoms. The molecule has 0 saturated heterocycles. The molecule has 0 unspecified atom stereocenters. The smallest absolute Gasteiger partial charge is 0.226 e. The number of hydrogen-bond acceptors (Lipinski definition) is 4. The Balaban J connectivity index is 0.00000392. The lowest BCUT2D eigenvalue weighted by molar-refractivity contribution is -0.116. The van der Waals surface area contributed by atoms with Crippen molar-refractivity contribution in [3.05, 3.63) is 46.3 Å². The Hall–Kier alpha value is -1.81. The Morgan fingerprint density at radius 2 is 2.07 bits per heavy atom. The SMILES string of the molecule is CN=C(NCCC(=O)Nc1cccc(Cl)c1C)NCc1cc(C(C)C)no1.I. The summed E-state index contributed by atoms with van der Waals surface area (Å²) in [7, 11) is 1.67. The fourth-order valence-electron chi connectivity index (χ4n) is 2.33. The largest absolute Gasteiger partial charge is 0.359 e. The molecule has 0 aliphatic carbocycles. The molecule has 1 amide bonds. The summed E-state index contributed by atoms with van der Waals surface area (Å²) in [6.07, 6.45) is 0.298. The van der Waals surface area contributed by atoms with Crippen molar-refractivity contribution >= 4 is 53.1 Å². The Morgan fingerprint density at radius 3 is 2.71 bits per heavy atom. The summed E-state index contributed by atoms with van der Waals surface area (Å²) < 4.78 is 5.28. The summed E-state index contributed by atoms with van der Waals surface area (Å²) in [5.74, 6) is 1.54. The van der Waals surface area contributed by atoms with E-state index in [-0.39, 0.29) is 29.9 Å². The molecule has 0 aliphatic heterocycles. The van der Waals surface area contributed by atoms with Crippen LogP contribution in [0.15, 0.2) is 33.8 Å². The number of carbonyl (C=O) groups is 1. The first-order valence-corrected chi connectivity index (χ1v) is 9.23. The van der Waals surface area contributed by atoms with Gasteiger partial charge in [0.1, 0.15) is 0 Å². The molecule has 154 valence electrons. The van der Waals surface area contributed by atoms with Crippen LogP contribution < -0.4 is 16.0 Å². The van der Waals surface area contributed by atoms with Gasteiger partial charge in [-0.3, -0.25) is 9.79 Å². The summed E-state index contributed by atoms with van der Waals surface area (Å²) in [6.45, 7) is 6.90. The normalized spacial score (nSPS) is 11.1. The number of nitrogens with zero attached hydrogens (tertiary/aromatic N) is 2. The Kier molecular flexibility index (Phi) is 10.3. The third kappa shape index (κ3) is 7.31. The minimum atomic E-state index is -0.0971. The lowest BCUT2D eigenvalue weighted by Crippen LogP contribution is -2.38. The highest BCUT2D eigenvalue weighted by molar-refractivity contribution is 14.0. The number of nitrogens with one attached hydrogen (secondary N) is 3. The molecule has 0 fully saturated rings. The van der Waals surface area contributed by atoms with Crippen molar-refractivity contribution in [2.24, 2.45) is 4.99 Å². The van der Waals surface area contributed by atoms with Crippen molar-refractivity contribution in [1.29, 1.82) is 0 Å². The molecule has 2 aromatic rings. The summed E-state index contributed by atoms with van der Waals surface area (Å²) >= 11 is 6.07. The van der Waals surface area contributed by atoms with Crippen LogP contribution in [0.4, 0.5) is 5.69 Å². The van der Waals surface area contributed by atoms with Crippen LogP contribution in [0.3, 0.4) is 0 Å². The molecule has 9 heteroatoms. The van der Waals surface area contributed by atoms with Gasteiger partial charge in [-0.05, 0) is 30.5 Å². The molecule has 1 heterocycles. The van der Waals surface area contributed by atoms with Crippen molar-refractivity contribution in [1.82, 2.24) is 15.8 Å². The Bertz CT molecular complexity index is 807. The van der Waals surface area contributed by atoms with Crippen LogP contribution in [0, 0.1) is 6.92 Å². The van der Waals surface area contributed by atoms with Gasteiger partial charge in [0.05, 0.1) is 12.2 Å². The molecule has 0 spiro atoms. The van der Waals surface area contributed by atoms with E-state index < -0.39 is 0 Å². The summed E-state index contributed by atoms with van der Waals surface area (Å²) in [4.78, 5) is 16.2. The zero-order chi connectivity index (χ0) is 19.8. The fourth-order valence-corrected chi connectivity index (χ4v) is 2.50. The van der Waals surface area contributed by atoms with E-state index in [9.17, 15) is 4.79 Å². The number of amides is 1. The molecule has 0 aliphatic rings. The predicted molar refractivity (Wildman–Crippen MR) is 124 cm³/mol. The maximum Gasteiger partial charge on any atom is 0.226 e. The highest BCUT2D eigenvalue weighted by Gasteiger charge is 2.09. The van der Waals surface area contributed by atoms with Gasteiger partial charge in [0.25, 0.3) is 0 Å². The monoisotopic (exact) mass is 519 g/mol. The molecule has 2 rings (SSSR count). The Labute approximate surface area is 187 Å².